The molecule has 3 aromatic rings. The van der Waals surface area contributed by atoms with Gasteiger partial charge in [-0.1, -0.05) is 18.6 Å². The summed E-state index contributed by atoms with van der Waals surface area (Å²) in [7, 11) is 0. The molecule has 186 valence electrons. The van der Waals surface area contributed by atoms with Crippen LogP contribution in [0.25, 0.3) is 11.1 Å². The van der Waals surface area contributed by atoms with Gasteiger partial charge in [-0.25, -0.2) is 0 Å². The van der Waals surface area contributed by atoms with Gasteiger partial charge >= 0.3 is 0 Å². The summed E-state index contributed by atoms with van der Waals surface area (Å²) in [5, 5.41) is 20.2. The van der Waals surface area contributed by atoms with Crippen molar-refractivity contribution in [2.45, 2.75) is 31.8 Å². The van der Waals surface area contributed by atoms with E-state index in [1.807, 2.05) is 36.4 Å². The second-order valence-electron chi connectivity index (χ2n) is 9.67. The van der Waals surface area contributed by atoms with Gasteiger partial charge in [-0.15, -0.1) is 0 Å². The summed E-state index contributed by atoms with van der Waals surface area (Å²) in [4.78, 5) is 2.47. The van der Waals surface area contributed by atoms with Crippen LogP contribution >= 0.6 is 0 Å². The Morgan fingerprint density at radius 3 is 2.33 bits per heavy atom. The Balaban J connectivity index is 1.31. The summed E-state index contributed by atoms with van der Waals surface area (Å²) in [6, 6.07) is 18.6. The molecule has 6 rings (SSSR count). The molecule has 0 bridgehead atoms. The highest BCUT2D eigenvalue weighted by atomic mass is 16.5. The lowest BCUT2D eigenvalue weighted by Gasteiger charge is -2.31. The van der Waals surface area contributed by atoms with Gasteiger partial charge in [0.25, 0.3) is 0 Å². The lowest BCUT2D eigenvalue weighted by molar-refractivity contribution is 0.183. The van der Waals surface area contributed by atoms with Crippen molar-refractivity contribution in [1.29, 1.82) is 0 Å². The van der Waals surface area contributed by atoms with Crippen LogP contribution in [-0.2, 0) is 0 Å². The molecule has 1 atom stereocenters. The second kappa shape index (κ2) is 9.78. The smallest absolute Gasteiger partial charge is 0.150 e. The standard InChI is InChI=1S/C30H31NO5/c32-21-7-11-26-27(18-21)35-16-12-25-24-10-6-22(33)19-28(24)36-30(29(25)26)20-4-8-23(9-5-20)34-17-15-31-13-2-1-3-14-31/h4-11,18-19,30,32-33H,1-3,12-17H2/t30-/m1/s1. The molecular weight excluding hydrogens is 454 g/mol. The number of phenols is 2. The SMILES string of the molecule is Oc1ccc2c(c1)O[C@H](c1ccc(OCCN3CCCCC3)cc1)C1=C2CCOc2cc(O)ccc21. The summed E-state index contributed by atoms with van der Waals surface area (Å²) in [5.74, 6) is 2.48. The topological polar surface area (TPSA) is 71.4 Å². The zero-order valence-corrected chi connectivity index (χ0v) is 20.3. The van der Waals surface area contributed by atoms with Crippen LogP contribution in [0, 0.1) is 0 Å². The maximum atomic E-state index is 10.1. The molecule has 0 unspecified atom stereocenters. The Morgan fingerprint density at radius 1 is 0.833 bits per heavy atom. The molecule has 2 N–H and O–H groups in total. The van der Waals surface area contributed by atoms with Crippen molar-refractivity contribution in [3.63, 3.8) is 0 Å². The minimum atomic E-state index is -0.387. The Morgan fingerprint density at radius 2 is 1.56 bits per heavy atom. The van der Waals surface area contributed by atoms with Crippen molar-refractivity contribution in [1.82, 2.24) is 4.90 Å². The third-order valence-electron chi connectivity index (χ3n) is 7.30. The molecule has 0 amide bonds. The highest BCUT2D eigenvalue weighted by Crippen LogP contribution is 2.51. The highest BCUT2D eigenvalue weighted by Gasteiger charge is 2.34. The van der Waals surface area contributed by atoms with Crippen molar-refractivity contribution in [2.75, 3.05) is 32.8 Å². The number of aromatic hydroxyl groups is 2. The van der Waals surface area contributed by atoms with E-state index >= 15 is 0 Å². The fourth-order valence-corrected chi connectivity index (χ4v) is 5.49. The molecule has 0 saturated carbocycles. The fourth-order valence-electron chi connectivity index (χ4n) is 5.49. The molecule has 3 aliphatic heterocycles. The number of hydrogen-bond acceptors (Lipinski definition) is 6. The summed E-state index contributed by atoms with van der Waals surface area (Å²) >= 11 is 0. The van der Waals surface area contributed by atoms with Crippen LogP contribution in [0.1, 0.15) is 48.5 Å². The van der Waals surface area contributed by atoms with Gasteiger partial charge in [-0.05, 0) is 73.5 Å². The molecule has 3 aromatic carbocycles. The number of likely N-dealkylation sites (tertiary alicyclic amines) is 1. The zero-order chi connectivity index (χ0) is 24.5. The molecule has 0 radical (unpaired) electrons. The van der Waals surface area contributed by atoms with Gasteiger partial charge < -0.3 is 24.4 Å². The number of phenolic OH excluding ortho intramolecular Hbond substituents is 2. The summed E-state index contributed by atoms with van der Waals surface area (Å²) in [5.41, 5.74) is 5.01. The van der Waals surface area contributed by atoms with Crippen LogP contribution in [0.2, 0.25) is 0 Å². The Bertz CT molecular complexity index is 1280. The van der Waals surface area contributed by atoms with E-state index in [4.69, 9.17) is 14.2 Å². The summed E-state index contributed by atoms with van der Waals surface area (Å²) in [6.45, 7) is 4.45. The quantitative estimate of drug-likeness (QED) is 0.477. The molecule has 36 heavy (non-hydrogen) atoms. The number of benzene rings is 3. The van der Waals surface area contributed by atoms with Crippen LogP contribution < -0.4 is 14.2 Å². The van der Waals surface area contributed by atoms with E-state index in [9.17, 15) is 10.2 Å². The largest absolute Gasteiger partial charge is 0.508 e. The monoisotopic (exact) mass is 485 g/mol. The van der Waals surface area contributed by atoms with Crippen LogP contribution in [0.15, 0.2) is 60.7 Å². The molecule has 6 nitrogen and oxygen atoms in total. The van der Waals surface area contributed by atoms with Gasteiger partial charge in [0.15, 0.2) is 0 Å². The Hall–Kier alpha value is -3.64. The Kier molecular flexibility index (Phi) is 6.20. The van der Waals surface area contributed by atoms with Crippen molar-refractivity contribution in [3.05, 3.63) is 77.4 Å². The predicted molar refractivity (Wildman–Crippen MR) is 139 cm³/mol. The lowest BCUT2D eigenvalue weighted by Crippen LogP contribution is -2.33. The molecule has 3 heterocycles. The molecule has 0 spiro atoms. The van der Waals surface area contributed by atoms with E-state index in [1.165, 1.54) is 32.4 Å². The number of hydrogen-bond donors (Lipinski definition) is 2. The number of fused-ring (bicyclic) bond motifs is 4. The molecule has 0 aromatic heterocycles. The first-order chi connectivity index (χ1) is 17.7. The van der Waals surface area contributed by atoms with Gasteiger partial charge in [0.1, 0.15) is 41.5 Å². The van der Waals surface area contributed by atoms with Gasteiger partial charge in [-0.2, -0.15) is 0 Å². The van der Waals surface area contributed by atoms with E-state index in [0.717, 1.165) is 40.1 Å². The fraction of sp³-hybridized carbons (Fsp3) is 0.333. The van der Waals surface area contributed by atoms with E-state index in [1.54, 1.807) is 24.3 Å². The van der Waals surface area contributed by atoms with Gasteiger partial charge in [-0.3, -0.25) is 4.90 Å². The van der Waals surface area contributed by atoms with E-state index in [0.29, 0.717) is 31.1 Å². The Labute approximate surface area is 211 Å². The molecule has 1 saturated heterocycles. The van der Waals surface area contributed by atoms with Gasteiger partial charge in [0, 0.05) is 41.8 Å². The number of rotatable bonds is 5. The molecular formula is C30H31NO5. The average molecular weight is 486 g/mol. The maximum Gasteiger partial charge on any atom is 0.150 e. The molecule has 0 aliphatic carbocycles. The van der Waals surface area contributed by atoms with Gasteiger partial charge in [0.05, 0.1) is 6.61 Å². The van der Waals surface area contributed by atoms with Crippen LogP contribution in [0.5, 0.6) is 28.7 Å². The van der Waals surface area contributed by atoms with Crippen LogP contribution in [-0.4, -0.2) is 48.0 Å². The second-order valence-corrected chi connectivity index (χ2v) is 9.67. The molecule has 1 fully saturated rings. The number of ether oxygens (including phenoxy) is 3. The van der Waals surface area contributed by atoms with E-state index in [-0.39, 0.29) is 17.6 Å². The van der Waals surface area contributed by atoms with Crippen LogP contribution in [0.3, 0.4) is 0 Å². The third-order valence-corrected chi connectivity index (χ3v) is 7.30. The predicted octanol–water partition coefficient (Wildman–Crippen LogP) is 5.79. The lowest BCUT2D eigenvalue weighted by atomic mass is 9.84. The van der Waals surface area contributed by atoms with Crippen LogP contribution in [0.4, 0.5) is 0 Å². The first-order valence-corrected chi connectivity index (χ1v) is 12.8. The summed E-state index contributed by atoms with van der Waals surface area (Å²) in [6.07, 6.45) is 4.20. The molecule has 3 aliphatic rings. The van der Waals surface area contributed by atoms with Crippen molar-refractivity contribution < 1.29 is 24.4 Å². The minimum Gasteiger partial charge on any atom is -0.508 e. The first-order valence-electron chi connectivity index (χ1n) is 12.8. The van der Waals surface area contributed by atoms with Crippen molar-refractivity contribution >= 4 is 11.1 Å². The van der Waals surface area contributed by atoms with E-state index < -0.39 is 0 Å². The maximum absolute atomic E-state index is 10.1. The normalized spacial score (nSPS) is 19.3. The zero-order valence-electron chi connectivity index (χ0n) is 20.3. The third kappa shape index (κ3) is 4.49. The van der Waals surface area contributed by atoms with Crippen molar-refractivity contribution in [3.8, 4) is 28.7 Å². The first kappa shape index (κ1) is 22.8. The van der Waals surface area contributed by atoms with Gasteiger partial charge in [0.2, 0.25) is 0 Å². The average Bonchev–Trinajstić information content (AvgIpc) is 3.08. The van der Waals surface area contributed by atoms with Crippen molar-refractivity contribution in [2.24, 2.45) is 0 Å². The molecule has 6 heteroatoms. The van der Waals surface area contributed by atoms with E-state index in [2.05, 4.69) is 4.90 Å². The number of nitrogens with zero attached hydrogens (tertiary/aromatic N) is 1. The number of piperidine rings is 1. The summed E-state index contributed by atoms with van der Waals surface area (Å²) < 4.78 is 18.6. The minimum absolute atomic E-state index is 0.169. The highest BCUT2D eigenvalue weighted by molar-refractivity contribution is 5.98.